The zero-order valence-electron chi connectivity index (χ0n) is 17.3. The predicted octanol–water partition coefficient (Wildman–Crippen LogP) is 2.69. The van der Waals surface area contributed by atoms with Gasteiger partial charge in [0.2, 0.25) is 0 Å². The van der Waals surface area contributed by atoms with E-state index in [1.54, 1.807) is 13.8 Å². The maximum absolute atomic E-state index is 14.6. The van der Waals surface area contributed by atoms with Gasteiger partial charge in [0.05, 0.1) is 18.8 Å². The number of rotatable bonds is 5. The first-order chi connectivity index (χ1) is 15.1. The second kappa shape index (κ2) is 7.81. The Labute approximate surface area is 181 Å². The maximum atomic E-state index is 14.6. The number of carbonyl (C=O) groups is 2. The van der Waals surface area contributed by atoms with E-state index in [-0.39, 0.29) is 34.2 Å². The summed E-state index contributed by atoms with van der Waals surface area (Å²) in [5.41, 5.74) is 5.74. The Morgan fingerprint density at radius 2 is 2.00 bits per heavy atom. The van der Waals surface area contributed by atoms with E-state index in [9.17, 15) is 22.8 Å². The number of hydrogen-bond acceptors (Lipinski definition) is 5. The number of fused-ring (bicyclic) bond motifs is 1. The molecule has 1 aromatic carbocycles. The molecule has 0 aliphatic carbocycles. The minimum atomic E-state index is -3.11. The Bertz CT molecular complexity index is 1210. The molecule has 1 saturated heterocycles. The molecular weight excluding hydrogens is 425 g/mol. The molecule has 3 heterocycles. The van der Waals surface area contributed by atoms with Crippen LogP contribution in [0.5, 0.6) is 0 Å². The molecular formula is C21H21F3N6O2. The fourth-order valence-electron chi connectivity index (χ4n) is 3.88. The van der Waals surface area contributed by atoms with Gasteiger partial charge < -0.3 is 16.0 Å². The van der Waals surface area contributed by atoms with E-state index < -0.39 is 42.6 Å². The third-order valence-electron chi connectivity index (χ3n) is 5.22. The molecule has 8 nitrogen and oxygen atoms in total. The highest BCUT2D eigenvalue weighted by Gasteiger charge is 2.47. The van der Waals surface area contributed by atoms with Crippen LogP contribution in [-0.2, 0) is 0 Å². The number of nitrogens with zero attached hydrogens (tertiary/aromatic N) is 4. The molecule has 4 rings (SSSR count). The van der Waals surface area contributed by atoms with Crippen molar-refractivity contribution in [3.63, 3.8) is 0 Å². The van der Waals surface area contributed by atoms with E-state index in [0.29, 0.717) is 0 Å². The average molecular weight is 446 g/mol. The van der Waals surface area contributed by atoms with Crippen molar-refractivity contribution in [3.05, 3.63) is 59.2 Å². The summed E-state index contributed by atoms with van der Waals surface area (Å²) in [5.74, 6) is -4.87. The van der Waals surface area contributed by atoms with Gasteiger partial charge in [0.1, 0.15) is 17.2 Å². The van der Waals surface area contributed by atoms with E-state index in [1.807, 2.05) is 0 Å². The second-order valence-corrected chi connectivity index (χ2v) is 8.04. The fraction of sp³-hybridized carbons (Fsp3) is 0.333. The van der Waals surface area contributed by atoms with Crippen LogP contribution < -0.4 is 16.0 Å². The number of nitrogens with one attached hydrogen (secondary N) is 1. The molecule has 3 N–H and O–H groups in total. The molecule has 1 aliphatic heterocycles. The van der Waals surface area contributed by atoms with Gasteiger partial charge in [0.15, 0.2) is 5.65 Å². The van der Waals surface area contributed by atoms with Crippen molar-refractivity contribution in [2.75, 3.05) is 11.4 Å². The SMILES string of the molecule is CC(C)NC(=O)c1ccc(F)cc1[C@H]1CC(F)(F)CN1c1ccn2ncc(C(N)=O)c2n1. The molecule has 1 atom stereocenters. The van der Waals surface area contributed by atoms with E-state index in [4.69, 9.17) is 5.73 Å². The van der Waals surface area contributed by atoms with E-state index in [2.05, 4.69) is 15.4 Å². The summed E-state index contributed by atoms with van der Waals surface area (Å²) in [5, 5.41) is 6.69. The molecule has 1 fully saturated rings. The number of primary amides is 1. The van der Waals surface area contributed by atoms with Crippen molar-refractivity contribution in [3.8, 4) is 0 Å². The van der Waals surface area contributed by atoms with Crippen molar-refractivity contribution < 1.29 is 22.8 Å². The van der Waals surface area contributed by atoms with Gasteiger partial charge >= 0.3 is 0 Å². The van der Waals surface area contributed by atoms with Gasteiger partial charge in [-0.2, -0.15) is 5.10 Å². The summed E-state index contributed by atoms with van der Waals surface area (Å²) < 4.78 is 44.6. The number of benzene rings is 1. The zero-order chi connectivity index (χ0) is 23.2. The zero-order valence-corrected chi connectivity index (χ0v) is 17.3. The van der Waals surface area contributed by atoms with Gasteiger partial charge in [-0.3, -0.25) is 9.59 Å². The Morgan fingerprint density at radius 3 is 2.69 bits per heavy atom. The Hall–Kier alpha value is -3.63. The lowest BCUT2D eigenvalue weighted by molar-refractivity contribution is 0.0222. The molecule has 0 unspecified atom stereocenters. The van der Waals surface area contributed by atoms with Crippen LogP contribution in [0.2, 0.25) is 0 Å². The highest BCUT2D eigenvalue weighted by atomic mass is 19.3. The molecule has 1 aliphatic rings. The molecule has 0 bridgehead atoms. The third kappa shape index (κ3) is 3.97. The number of nitrogens with two attached hydrogens (primary N) is 1. The Morgan fingerprint density at radius 1 is 1.25 bits per heavy atom. The first-order valence-electron chi connectivity index (χ1n) is 9.95. The van der Waals surface area contributed by atoms with Gasteiger partial charge in [0, 0.05) is 24.2 Å². The molecule has 0 saturated carbocycles. The van der Waals surface area contributed by atoms with Crippen LogP contribution in [-0.4, -0.2) is 44.9 Å². The molecule has 168 valence electrons. The number of amides is 2. The van der Waals surface area contributed by atoms with Crippen LogP contribution in [0.1, 0.15) is 52.6 Å². The summed E-state index contributed by atoms with van der Waals surface area (Å²) in [4.78, 5) is 30.0. The van der Waals surface area contributed by atoms with E-state index in [1.165, 1.54) is 33.9 Å². The van der Waals surface area contributed by atoms with Gasteiger partial charge in [-0.25, -0.2) is 22.7 Å². The van der Waals surface area contributed by atoms with Crippen molar-refractivity contribution in [1.29, 1.82) is 0 Å². The lowest BCUT2D eigenvalue weighted by Gasteiger charge is -2.27. The largest absolute Gasteiger partial charge is 0.365 e. The van der Waals surface area contributed by atoms with Gasteiger partial charge in [-0.1, -0.05) is 0 Å². The molecule has 0 radical (unpaired) electrons. The molecule has 2 aromatic heterocycles. The minimum Gasteiger partial charge on any atom is -0.365 e. The lowest BCUT2D eigenvalue weighted by Crippen LogP contribution is -2.33. The average Bonchev–Trinajstić information content (AvgIpc) is 3.27. The monoisotopic (exact) mass is 446 g/mol. The summed E-state index contributed by atoms with van der Waals surface area (Å²) in [6.45, 7) is 2.83. The molecule has 3 aromatic rings. The van der Waals surface area contributed by atoms with Crippen molar-refractivity contribution in [1.82, 2.24) is 19.9 Å². The van der Waals surface area contributed by atoms with Crippen LogP contribution in [0.4, 0.5) is 19.0 Å². The first-order valence-corrected chi connectivity index (χ1v) is 9.95. The topological polar surface area (TPSA) is 106 Å². The fourth-order valence-corrected chi connectivity index (χ4v) is 3.88. The third-order valence-corrected chi connectivity index (χ3v) is 5.22. The Kier molecular flexibility index (Phi) is 5.27. The summed E-state index contributed by atoms with van der Waals surface area (Å²) in [6, 6.07) is 3.75. The first kappa shape index (κ1) is 21.6. The molecule has 0 spiro atoms. The quantitative estimate of drug-likeness (QED) is 0.627. The van der Waals surface area contributed by atoms with Gasteiger partial charge in [-0.15, -0.1) is 0 Å². The summed E-state index contributed by atoms with van der Waals surface area (Å²) in [7, 11) is 0. The van der Waals surface area contributed by atoms with Crippen molar-refractivity contribution in [2.45, 2.75) is 38.3 Å². The number of halogens is 3. The molecule has 2 amide bonds. The van der Waals surface area contributed by atoms with Crippen LogP contribution in [0, 0.1) is 5.82 Å². The summed E-state index contributed by atoms with van der Waals surface area (Å²) in [6.07, 6.45) is 2.08. The molecule has 11 heteroatoms. The Balaban J connectivity index is 1.82. The van der Waals surface area contributed by atoms with Crippen molar-refractivity contribution in [2.24, 2.45) is 5.73 Å². The normalized spacial score (nSPS) is 17.8. The number of carbonyl (C=O) groups excluding carboxylic acids is 2. The highest BCUT2D eigenvalue weighted by molar-refractivity contribution is 5.98. The number of alkyl halides is 2. The number of anilines is 1. The standard InChI is InChI=1S/C21H21F3N6O2/c1-11(2)27-20(32)13-4-3-12(22)7-14(13)16-8-21(23,24)10-29(16)17-5-6-30-19(28-17)15(9-26-30)18(25)31/h3-7,9,11,16H,8,10H2,1-2H3,(H2,25,31)(H,27,32)/t16-/m1/s1. The van der Waals surface area contributed by atoms with E-state index >= 15 is 0 Å². The number of hydrogen-bond donors (Lipinski definition) is 2. The lowest BCUT2D eigenvalue weighted by atomic mass is 9.96. The molecule has 32 heavy (non-hydrogen) atoms. The number of aromatic nitrogens is 3. The van der Waals surface area contributed by atoms with Crippen LogP contribution in [0.25, 0.3) is 5.65 Å². The summed E-state index contributed by atoms with van der Waals surface area (Å²) >= 11 is 0. The van der Waals surface area contributed by atoms with Crippen LogP contribution >= 0.6 is 0 Å². The van der Waals surface area contributed by atoms with Gasteiger partial charge in [-0.05, 0) is 43.7 Å². The smallest absolute Gasteiger partial charge is 0.267 e. The van der Waals surface area contributed by atoms with Crippen molar-refractivity contribution >= 4 is 23.3 Å². The van der Waals surface area contributed by atoms with Crippen LogP contribution in [0.15, 0.2) is 36.7 Å². The second-order valence-electron chi connectivity index (χ2n) is 8.04. The predicted molar refractivity (Wildman–Crippen MR) is 110 cm³/mol. The van der Waals surface area contributed by atoms with Crippen LogP contribution in [0.3, 0.4) is 0 Å². The highest BCUT2D eigenvalue weighted by Crippen LogP contribution is 2.44. The van der Waals surface area contributed by atoms with Gasteiger partial charge in [0.25, 0.3) is 17.7 Å². The van der Waals surface area contributed by atoms with E-state index in [0.717, 1.165) is 12.1 Å². The minimum absolute atomic E-state index is 0.0390. The maximum Gasteiger partial charge on any atom is 0.267 e.